The number of ether oxygens (including phenoxy) is 1. The summed E-state index contributed by atoms with van der Waals surface area (Å²) >= 11 is 0. The number of nitrogens with one attached hydrogen (secondary N) is 1. The highest BCUT2D eigenvalue weighted by Crippen LogP contribution is 2.17. The number of nitrogens with two attached hydrogens (primary N) is 1. The molecular weight excluding hydrogens is 128 g/mol. The van der Waals surface area contributed by atoms with E-state index in [1.54, 1.807) is 0 Å². The van der Waals surface area contributed by atoms with Crippen LogP contribution in [0, 0.1) is 0 Å². The molecule has 0 radical (unpaired) electrons. The van der Waals surface area contributed by atoms with Crippen molar-refractivity contribution in [2.45, 2.75) is 44.9 Å². The first kappa shape index (κ1) is 7.98. The highest BCUT2D eigenvalue weighted by Gasteiger charge is 2.22. The predicted molar refractivity (Wildman–Crippen MR) is 40.4 cm³/mol. The zero-order valence-corrected chi connectivity index (χ0v) is 6.63. The van der Waals surface area contributed by atoms with Gasteiger partial charge >= 0.3 is 0 Å². The van der Waals surface area contributed by atoms with Crippen LogP contribution in [0.1, 0.15) is 26.7 Å². The van der Waals surface area contributed by atoms with Crippen LogP contribution < -0.4 is 11.3 Å². The Morgan fingerprint density at radius 3 is 2.20 bits per heavy atom. The molecule has 0 saturated carbocycles. The van der Waals surface area contributed by atoms with Crippen LogP contribution in [0.2, 0.25) is 0 Å². The third-order valence-corrected chi connectivity index (χ3v) is 1.93. The molecular formula is C7H16N2O. The normalized spacial score (nSPS) is 41.7. The molecule has 0 amide bonds. The van der Waals surface area contributed by atoms with E-state index in [1.165, 1.54) is 0 Å². The Morgan fingerprint density at radius 2 is 1.80 bits per heavy atom. The standard InChI is InChI=1S/C7H16N2O/c1-5-3-7(9-8)4-6(2)10-5/h5-7,9H,3-4,8H2,1-2H3/t5-,6+,7?. The van der Waals surface area contributed by atoms with Gasteiger partial charge < -0.3 is 4.74 Å². The Bertz CT molecular complexity index is 97.8. The van der Waals surface area contributed by atoms with Gasteiger partial charge in [0.2, 0.25) is 0 Å². The minimum atomic E-state index is 0.352. The monoisotopic (exact) mass is 144 g/mol. The molecule has 3 N–H and O–H groups in total. The Labute approximate surface area is 61.9 Å². The van der Waals surface area contributed by atoms with Gasteiger partial charge in [0, 0.05) is 6.04 Å². The van der Waals surface area contributed by atoms with Crippen molar-refractivity contribution in [3.05, 3.63) is 0 Å². The van der Waals surface area contributed by atoms with Gasteiger partial charge in [0.05, 0.1) is 12.2 Å². The van der Waals surface area contributed by atoms with Crippen molar-refractivity contribution < 1.29 is 4.74 Å². The van der Waals surface area contributed by atoms with E-state index in [9.17, 15) is 0 Å². The third kappa shape index (κ3) is 1.94. The molecule has 0 aliphatic carbocycles. The van der Waals surface area contributed by atoms with Gasteiger partial charge in [-0.05, 0) is 26.7 Å². The van der Waals surface area contributed by atoms with Gasteiger partial charge in [0.1, 0.15) is 0 Å². The summed E-state index contributed by atoms with van der Waals surface area (Å²) in [5.74, 6) is 5.32. The maximum Gasteiger partial charge on any atom is 0.0566 e. The maximum absolute atomic E-state index is 5.52. The molecule has 1 aliphatic heterocycles. The van der Waals surface area contributed by atoms with Crippen molar-refractivity contribution in [1.82, 2.24) is 5.43 Å². The molecule has 1 saturated heterocycles. The summed E-state index contributed by atoms with van der Waals surface area (Å²) in [6.45, 7) is 4.17. The summed E-state index contributed by atoms with van der Waals surface area (Å²) in [4.78, 5) is 0. The summed E-state index contributed by atoms with van der Waals surface area (Å²) in [5, 5.41) is 0. The number of hydrogen-bond donors (Lipinski definition) is 2. The Morgan fingerprint density at radius 1 is 1.30 bits per heavy atom. The first-order valence-electron chi connectivity index (χ1n) is 3.84. The summed E-state index contributed by atoms with van der Waals surface area (Å²) in [5.41, 5.74) is 2.78. The molecule has 60 valence electrons. The van der Waals surface area contributed by atoms with Gasteiger partial charge in [0.15, 0.2) is 0 Å². The Hall–Kier alpha value is -0.120. The smallest absolute Gasteiger partial charge is 0.0566 e. The highest BCUT2D eigenvalue weighted by atomic mass is 16.5. The summed E-state index contributed by atoms with van der Waals surface area (Å²) in [6.07, 6.45) is 2.76. The minimum absolute atomic E-state index is 0.352. The molecule has 0 aromatic rings. The summed E-state index contributed by atoms with van der Waals surface area (Å²) in [7, 11) is 0. The van der Waals surface area contributed by atoms with Crippen molar-refractivity contribution in [2.75, 3.05) is 0 Å². The lowest BCUT2D eigenvalue weighted by atomic mass is 10.0. The first-order chi connectivity index (χ1) is 4.72. The molecule has 0 spiro atoms. The molecule has 1 heterocycles. The van der Waals surface area contributed by atoms with Gasteiger partial charge in [-0.1, -0.05) is 0 Å². The van der Waals surface area contributed by atoms with Gasteiger partial charge in [0.25, 0.3) is 0 Å². The van der Waals surface area contributed by atoms with Gasteiger partial charge in [-0.3, -0.25) is 11.3 Å². The van der Waals surface area contributed by atoms with Gasteiger partial charge in [-0.15, -0.1) is 0 Å². The van der Waals surface area contributed by atoms with E-state index in [2.05, 4.69) is 19.3 Å². The van der Waals surface area contributed by atoms with Crippen molar-refractivity contribution >= 4 is 0 Å². The van der Waals surface area contributed by atoms with Crippen molar-refractivity contribution in [2.24, 2.45) is 5.84 Å². The van der Waals surface area contributed by atoms with Crippen LogP contribution in [0.4, 0.5) is 0 Å². The molecule has 3 nitrogen and oxygen atoms in total. The molecule has 1 fully saturated rings. The van der Waals surface area contributed by atoms with Crippen molar-refractivity contribution in [3.63, 3.8) is 0 Å². The average Bonchev–Trinajstić information content (AvgIpc) is 1.85. The SMILES string of the molecule is C[C@@H]1CC(NN)C[C@H](C)O1. The lowest BCUT2D eigenvalue weighted by molar-refractivity contribution is -0.0420. The van der Waals surface area contributed by atoms with E-state index < -0.39 is 0 Å². The lowest BCUT2D eigenvalue weighted by Gasteiger charge is -2.31. The second kappa shape index (κ2) is 3.32. The number of hydrazine groups is 1. The predicted octanol–water partition coefficient (Wildman–Crippen LogP) is 0.406. The fourth-order valence-corrected chi connectivity index (χ4v) is 1.54. The molecule has 1 unspecified atom stereocenters. The maximum atomic E-state index is 5.52. The highest BCUT2D eigenvalue weighted by molar-refractivity contribution is 4.76. The largest absolute Gasteiger partial charge is 0.375 e. The second-order valence-corrected chi connectivity index (χ2v) is 3.09. The fraction of sp³-hybridized carbons (Fsp3) is 1.00. The molecule has 10 heavy (non-hydrogen) atoms. The Balaban J connectivity index is 2.35. The van der Waals surface area contributed by atoms with Crippen LogP contribution in [0.3, 0.4) is 0 Å². The molecule has 1 aliphatic rings. The van der Waals surface area contributed by atoms with Crippen molar-refractivity contribution in [3.8, 4) is 0 Å². The van der Waals surface area contributed by atoms with E-state index in [-0.39, 0.29) is 0 Å². The average molecular weight is 144 g/mol. The number of rotatable bonds is 1. The lowest BCUT2D eigenvalue weighted by Crippen LogP contribution is -2.44. The summed E-state index contributed by atoms with van der Waals surface area (Å²) in [6, 6.07) is 0.443. The van der Waals surface area contributed by atoms with Gasteiger partial charge in [-0.25, -0.2) is 0 Å². The summed E-state index contributed by atoms with van der Waals surface area (Å²) < 4.78 is 5.52. The zero-order valence-electron chi connectivity index (χ0n) is 6.63. The molecule has 3 heteroatoms. The van der Waals surface area contributed by atoms with Crippen LogP contribution >= 0.6 is 0 Å². The minimum Gasteiger partial charge on any atom is -0.375 e. The van der Waals surface area contributed by atoms with Crippen LogP contribution in [-0.4, -0.2) is 18.2 Å². The fourth-order valence-electron chi connectivity index (χ4n) is 1.54. The molecule has 0 aromatic heterocycles. The van der Waals surface area contributed by atoms with Crippen LogP contribution in [-0.2, 0) is 4.74 Å². The van der Waals surface area contributed by atoms with E-state index in [1.807, 2.05) is 0 Å². The molecule has 0 bridgehead atoms. The van der Waals surface area contributed by atoms with E-state index in [0.29, 0.717) is 18.2 Å². The van der Waals surface area contributed by atoms with Crippen LogP contribution in [0.5, 0.6) is 0 Å². The molecule has 3 atom stereocenters. The Kier molecular flexibility index (Phi) is 2.65. The first-order valence-corrected chi connectivity index (χ1v) is 3.84. The third-order valence-electron chi connectivity index (χ3n) is 1.93. The number of hydrogen-bond acceptors (Lipinski definition) is 3. The van der Waals surface area contributed by atoms with Crippen LogP contribution in [0.25, 0.3) is 0 Å². The quantitative estimate of drug-likeness (QED) is 0.414. The van der Waals surface area contributed by atoms with E-state index >= 15 is 0 Å². The zero-order chi connectivity index (χ0) is 7.56. The van der Waals surface area contributed by atoms with Crippen molar-refractivity contribution in [1.29, 1.82) is 0 Å². The van der Waals surface area contributed by atoms with E-state index in [4.69, 9.17) is 10.6 Å². The second-order valence-electron chi connectivity index (χ2n) is 3.09. The van der Waals surface area contributed by atoms with Crippen LogP contribution in [0.15, 0.2) is 0 Å². The molecule has 1 rings (SSSR count). The molecule has 0 aromatic carbocycles. The van der Waals surface area contributed by atoms with Gasteiger partial charge in [-0.2, -0.15) is 0 Å². The van der Waals surface area contributed by atoms with E-state index in [0.717, 1.165) is 12.8 Å². The topological polar surface area (TPSA) is 47.3 Å².